The smallest absolute Gasteiger partial charge is 0.255 e. The van der Waals surface area contributed by atoms with E-state index in [9.17, 15) is 4.79 Å². The summed E-state index contributed by atoms with van der Waals surface area (Å²) in [5, 5.41) is 2.06. The summed E-state index contributed by atoms with van der Waals surface area (Å²) in [7, 11) is 0. The lowest BCUT2D eigenvalue weighted by molar-refractivity contribution is 0.0688. The number of carbonyl (C=O) groups is 1. The molecule has 21 heavy (non-hydrogen) atoms. The number of hydrogen-bond acceptors (Lipinski definition) is 3. The Kier molecular flexibility index (Phi) is 3.34. The molecule has 3 heterocycles. The Balaban J connectivity index is 1.53. The van der Waals surface area contributed by atoms with Crippen molar-refractivity contribution in [3.63, 3.8) is 0 Å². The number of rotatable bonds is 3. The molecule has 0 N–H and O–H groups in total. The van der Waals surface area contributed by atoms with Gasteiger partial charge in [0.25, 0.3) is 5.91 Å². The van der Waals surface area contributed by atoms with Crippen LogP contribution in [0.3, 0.4) is 0 Å². The molecule has 3 fully saturated rings. The molecule has 1 saturated carbocycles. The van der Waals surface area contributed by atoms with E-state index in [1.165, 1.54) is 50.1 Å². The third kappa shape index (κ3) is 2.15. The molecule has 2 unspecified atom stereocenters. The van der Waals surface area contributed by atoms with E-state index in [0.717, 1.165) is 18.5 Å². The first-order valence-electron chi connectivity index (χ1n) is 8.38. The second kappa shape index (κ2) is 5.10. The van der Waals surface area contributed by atoms with Crippen molar-refractivity contribution in [3.05, 3.63) is 21.9 Å². The van der Waals surface area contributed by atoms with Gasteiger partial charge in [-0.15, -0.1) is 11.3 Å². The van der Waals surface area contributed by atoms with Gasteiger partial charge in [0, 0.05) is 22.8 Å². The fraction of sp³-hybridized carbons (Fsp3) is 0.706. The van der Waals surface area contributed by atoms with Crippen LogP contribution in [-0.2, 0) is 6.42 Å². The van der Waals surface area contributed by atoms with Gasteiger partial charge < -0.3 is 4.90 Å². The second-order valence-corrected chi connectivity index (χ2v) is 7.78. The number of carbonyl (C=O) groups excluding carboxylic acids is 1. The summed E-state index contributed by atoms with van der Waals surface area (Å²) >= 11 is 1.73. The normalized spacial score (nSPS) is 32.2. The molecule has 2 atom stereocenters. The van der Waals surface area contributed by atoms with Crippen molar-refractivity contribution in [2.24, 2.45) is 0 Å². The van der Waals surface area contributed by atoms with Crippen molar-refractivity contribution in [1.82, 2.24) is 9.80 Å². The summed E-state index contributed by atoms with van der Waals surface area (Å²) in [5.41, 5.74) is 1.11. The zero-order valence-corrected chi connectivity index (χ0v) is 13.6. The number of likely N-dealkylation sites (tertiary alicyclic amines) is 2. The monoisotopic (exact) mass is 304 g/mol. The molecule has 1 spiro atoms. The highest BCUT2D eigenvalue weighted by molar-refractivity contribution is 7.10. The van der Waals surface area contributed by atoms with Crippen LogP contribution < -0.4 is 0 Å². The molecule has 2 saturated heterocycles. The zero-order valence-electron chi connectivity index (χ0n) is 12.8. The summed E-state index contributed by atoms with van der Waals surface area (Å²) in [4.78, 5) is 19.1. The topological polar surface area (TPSA) is 23.6 Å². The summed E-state index contributed by atoms with van der Waals surface area (Å²) in [6.45, 7) is 5.60. The van der Waals surface area contributed by atoms with Crippen molar-refractivity contribution < 1.29 is 4.79 Å². The Bertz CT molecular complexity index is 549. The van der Waals surface area contributed by atoms with Gasteiger partial charge >= 0.3 is 0 Å². The molecule has 1 aromatic heterocycles. The minimum absolute atomic E-state index is 0.190. The van der Waals surface area contributed by atoms with Gasteiger partial charge in [-0.2, -0.15) is 0 Å². The fourth-order valence-electron chi connectivity index (χ4n) is 4.40. The van der Waals surface area contributed by atoms with Crippen LogP contribution in [0.25, 0.3) is 0 Å². The molecule has 3 nitrogen and oxygen atoms in total. The first-order chi connectivity index (χ1) is 10.2. The number of aryl methyl sites for hydroxylation is 1. The number of nitrogens with zero attached hydrogens (tertiary/aromatic N) is 2. The predicted molar refractivity (Wildman–Crippen MR) is 85.9 cm³/mol. The lowest BCUT2D eigenvalue weighted by Crippen LogP contribution is -2.43. The van der Waals surface area contributed by atoms with Crippen LogP contribution in [0.1, 0.15) is 54.3 Å². The Labute approximate surface area is 130 Å². The molecule has 0 radical (unpaired) electrons. The molecule has 2 aliphatic heterocycles. The molecular formula is C17H24N2OS. The van der Waals surface area contributed by atoms with Crippen LogP contribution >= 0.6 is 11.3 Å². The van der Waals surface area contributed by atoms with Crippen LogP contribution in [0.15, 0.2) is 11.4 Å². The minimum Gasteiger partial charge on any atom is -0.331 e. The zero-order chi connectivity index (χ0) is 14.4. The Morgan fingerprint density at radius 2 is 2.14 bits per heavy atom. The molecule has 1 aromatic rings. The van der Waals surface area contributed by atoms with Crippen LogP contribution in [0.5, 0.6) is 0 Å². The fourth-order valence-corrected chi connectivity index (χ4v) is 5.20. The third-order valence-electron chi connectivity index (χ3n) is 5.61. The number of thiophene rings is 1. The molecule has 4 rings (SSSR count). The first-order valence-corrected chi connectivity index (χ1v) is 9.26. The standard InChI is InChI=1S/C17H24N2OS/c1-2-14-10-13(12-21-14)16(20)19-9-5-6-17(19)11-15(17)18-7-3-4-8-18/h10,12,15H,2-9,11H2,1H3. The van der Waals surface area contributed by atoms with Crippen molar-refractivity contribution >= 4 is 17.2 Å². The van der Waals surface area contributed by atoms with Gasteiger partial charge in [0.1, 0.15) is 0 Å². The van der Waals surface area contributed by atoms with E-state index in [2.05, 4.69) is 28.2 Å². The lowest BCUT2D eigenvalue weighted by atomic mass is 10.1. The Hall–Kier alpha value is -0.870. The lowest BCUT2D eigenvalue weighted by Gasteiger charge is -2.28. The largest absolute Gasteiger partial charge is 0.331 e. The van der Waals surface area contributed by atoms with Crippen molar-refractivity contribution in [2.45, 2.75) is 57.0 Å². The van der Waals surface area contributed by atoms with E-state index in [0.29, 0.717) is 6.04 Å². The van der Waals surface area contributed by atoms with Crippen LogP contribution in [0.4, 0.5) is 0 Å². The Morgan fingerprint density at radius 1 is 1.33 bits per heavy atom. The van der Waals surface area contributed by atoms with Crippen LogP contribution in [0, 0.1) is 0 Å². The van der Waals surface area contributed by atoms with Gasteiger partial charge in [0.2, 0.25) is 0 Å². The van der Waals surface area contributed by atoms with Gasteiger partial charge in [-0.1, -0.05) is 6.92 Å². The van der Waals surface area contributed by atoms with Gasteiger partial charge in [-0.25, -0.2) is 0 Å². The van der Waals surface area contributed by atoms with E-state index in [4.69, 9.17) is 0 Å². The number of amides is 1. The average Bonchev–Trinajstić information content (AvgIpc) is 2.98. The van der Waals surface area contributed by atoms with Gasteiger partial charge in [0.05, 0.1) is 11.1 Å². The van der Waals surface area contributed by atoms with E-state index < -0.39 is 0 Å². The van der Waals surface area contributed by atoms with E-state index in [1.807, 2.05) is 0 Å². The highest BCUT2D eigenvalue weighted by Crippen LogP contribution is 2.53. The summed E-state index contributed by atoms with van der Waals surface area (Å²) in [6, 6.07) is 2.75. The van der Waals surface area contributed by atoms with Gasteiger partial charge in [-0.05, 0) is 57.7 Å². The van der Waals surface area contributed by atoms with E-state index in [-0.39, 0.29) is 11.4 Å². The van der Waals surface area contributed by atoms with Gasteiger partial charge in [-0.3, -0.25) is 9.69 Å². The SMILES string of the molecule is CCc1cc(C(=O)N2CCCC23CC3N2CCCC2)cs1. The highest BCUT2D eigenvalue weighted by Gasteiger charge is 2.63. The van der Waals surface area contributed by atoms with Crippen LogP contribution in [0.2, 0.25) is 0 Å². The van der Waals surface area contributed by atoms with Crippen molar-refractivity contribution in [2.75, 3.05) is 19.6 Å². The molecule has 1 aliphatic carbocycles. The predicted octanol–water partition coefficient (Wildman–Crippen LogP) is 3.15. The molecule has 0 bridgehead atoms. The quantitative estimate of drug-likeness (QED) is 0.856. The second-order valence-electron chi connectivity index (χ2n) is 6.78. The third-order valence-corrected chi connectivity index (χ3v) is 6.69. The maximum Gasteiger partial charge on any atom is 0.255 e. The first kappa shape index (κ1) is 13.8. The molecule has 4 heteroatoms. The van der Waals surface area contributed by atoms with E-state index in [1.54, 1.807) is 11.3 Å². The highest BCUT2D eigenvalue weighted by atomic mass is 32.1. The average molecular weight is 304 g/mol. The minimum atomic E-state index is 0.190. The Morgan fingerprint density at radius 3 is 2.86 bits per heavy atom. The van der Waals surface area contributed by atoms with Crippen molar-refractivity contribution in [1.29, 1.82) is 0 Å². The number of hydrogen-bond donors (Lipinski definition) is 0. The molecule has 0 aromatic carbocycles. The summed E-state index contributed by atoms with van der Waals surface area (Å²) < 4.78 is 0. The molecule has 1 amide bonds. The van der Waals surface area contributed by atoms with E-state index >= 15 is 0 Å². The van der Waals surface area contributed by atoms with Crippen molar-refractivity contribution in [3.8, 4) is 0 Å². The maximum absolute atomic E-state index is 12.9. The summed E-state index contributed by atoms with van der Waals surface area (Å²) in [5.74, 6) is 0.283. The molecule has 114 valence electrons. The molecule has 3 aliphatic rings. The van der Waals surface area contributed by atoms with Gasteiger partial charge in [0.15, 0.2) is 0 Å². The van der Waals surface area contributed by atoms with Crippen LogP contribution in [-0.4, -0.2) is 46.9 Å². The maximum atomic E-state index is 12.9. The molecular weight excluding hydrogens is 280 g/mol. The summed E-state index contributed by atoms with van der Waals surface area (Å²) in [6.07, 6.45) is 7.31.